The Morgan fingerprint density at radius 2 is 2.17 bits per heavy atom. The maximum Gasteiger partial charge on any atom is 0.257 e. The molecule has 0 aliphatic rings. The van der Waals surface area contributed by atoms with Crippen LogP contribution in [0.3, 0.4) is 0 Å². The van der Waals surface area contributed by atoms with Crippen molar-refractivity contribution in [3.8, 4) is 11.5 Å². The number of nitrogens with zero attached hydrogens (tertiary/aromatic N) is 2. The highest BCUT2D eigenvalue weighted by Gasteiger charge is 2.10. The van der Waals surface area contributed by atoms with Gasteiger partial charge in [0.05, 0.1) is 10.7 Å². The highest BCUT2D eigenvalue weighted by atomic mass is 35.5. The second-order valence-corrected chi connectivity index (χ2v) is 5.09. The van der Waals surface area contributed by atoms with Crippen LogP contribution in [0.15, 0.2) is 22.7 Å². The van der Waals surface area contributed by atoms with Crippen LogP contribution in [0.25, 0.3) is 11.5 Å². The maximum absolute atomic E-state index is 5.96. The summed E-state index contributed by atoms with van der Waals surface area (Å²) in [6, 6.07) is 5.28. The molecule has 0 fully saturated rings. The molecule has 0 aliphatic heterocycles. The summed E-state index contributed by atoms with van der Waals surface area (Å²) in [5.74, 6) is 1.83. The van der Waals surface area contributed by atoms with Crippen LogP contribution in [0.1, 0.15) is 26.1 Å². The van der Waals surface area contributed by atoms with Crippen LogP contribution < -0.4 is 5.73 Å². The molecule has 1 heterocycles. The van der Waals surface area contributed by atoms with E-state index in [9.17, 15) is 0 Å². The smallest absolute Gasteiger partial charge is 0.257 e. The fraction of sp³-hybridized carbons (Fsp3) is 0.385. The zero-order chi connectivity index (χ0) is 13.1. The van der Waals surface area contributed by atoms with Gasteiger partial charge in [0.1, 0.15) is 0 Å². The van der Waals surface area contributed by atoms with Gasteiger partial charge in [0.25, 0.3) is 5.89 Å². The van der Waals surface area contributed by atoms with Crippen LogP contribution >= 0.6 is 11.6 Å². The molecule has 0 saturated heterocycles. The molecule has 2 N–H and O–H groups in total. The van der Waals surface area contributed by atoms with Gasteiger partial charge in [-0.1, -0.05) is 30.6 Å². The summed E-state index contributed by atoms with van der Waals surface area (Å²) >= 11 is 5.96. The normalized spacial score (nSPS) is 11.1. The molecule has 4 nitrogen and oxygen atoms in total. The van der Waals surface area contributed by atoms with Gasteiger partial charge in [-0.15, -0.1) is 0 Å². The van der Waals surface area contributed by atoms with Crippen LogP contribution in [0.2, 0.25) is 5.02 Å². The van der Waals surface area contributed by atoms with E-state index < -0.39 is 0 Å². The third-order valence-electron chi connectivity index (χ3n) is 2.66. The van der Waals surface area contributed by atoms with Gasteiger partial charge in [-0.25, -0.2) is 0 Å². The Bertz CT molecular complexity index is 537. The summed E-state index contributed by atoms with van der Waals surface area (Å²) < 4.78 is 5.22. The monoisotopic (exact) mass is 265 g/mol. The summed E-state index contributed by atoms with van der Waals surface area (Å²) in [5, 5.41) is 4.45. The van der Waals surface area contributed by atoms with E-state index in [-0.39, 0.29) is 0 Å². The molecule has 96 valence electrons. The zero-order valence-corrected chi connectivity index (χ0v) is 11.2. The summed E-state index contributed by atoms with van der Waals surface area (Å²) in [7, 11) is 0. The lowest BCUT2D eigenvalue weighted by atomic mass is 10.1. The molecule has 0 aliphatic carbocycles. The van der Waals surface area contributed by atoms with Gasteiger partial charge in [-0.3, -0.25) is 0 Å². The van der Waals surface area contributed by atoms with Crippen molar-refractivity contribution in [2.75, 3.05) is 5.73 Å². The van der Waals surface area contributed by atoms with Crippen molar-refractivity contribution in [3.05, 3.63) is 29.0 Å². The Morgan fingerprint density at radius 3 is 2.83 bits per heavy atom. The molecule has 2 aromatic rings. The topological polar surface area (TPSA) is 64.9 Å². The molecule has 0 amide bonds. The molecule has 1 aromatic carbocycles. The molecule has 0 saturated carbocycles. The maximum atomic E-state index is 5.96. The minimum Gasteiger partial charge on any atom is -0.398 e. The first-order valence-corrected chi connectivity index (χ1v) is 6.32. The van der Waals surface area contributed by atoms with Crippen LogP contribution in [-0.2, 0) is 6.42 Å². The second kappa shape index (κ2) is 5.40. The van der Waals surface area contributed by atoms with Crippen molar-refractivity contribution in [2.45, 2.75) is 26.7 Å². The molecule has 0 bridgehead atoms. The first-order chi connectivity index (χ1) is 8.56. The van der Waals surface area contributed by atoms with Gasteiger partial charge in [-0.2, -0.15) is 4.98 Å². The van der Waals surface area contributed by atoms with Crippen molar-refractivity contribution in [3.63, 3.8) is 0 Å². The lowest BCUT2D eigenvalue weighted by molar-refractivity contribution is 0.419. The first-order valence-electron chi connectivity index (χ1n) is 5.94. The summed E-state index contributed by atoms with van der Waals surface area (Å²) in [5.41, 5.74) is 6.99. The van der Waals surface area contributed by atoms with Gasteiger partial charge in [0.15, 0.2) is 5.82 Å². The number of halogens is 1. The molecule has 0 radical (unpaired) electrons. The third-order valence-corrected chi connectivity index (χ3v) is 2.99. The molecule has 0 spiro atoms. The molecule has 2 rings (SSSR count). The van der Waals surface area contributed by atoms with E-state index in [4.69, 9.17) is 21.9 Å². The van der Waals surface area contributed by atoms with Crippen molar-refractivity contribution >= 4 is 17.3 Å². The Hall–Kier alpha value is -1.55. The zero-order valence-electron chi connectivity index (χ0n) is 10.5. The summed E-state index contributed by atoms with van der Waals surface area (Å²) in [4.78, 5) is 4.35. The van der Waals surface area contributed by atoms with E-state index in [1.54, 1.807) is 12.1 Å². The predicted octanol–water partition coefficient (Wildman–Crippen LogP) is 3.56. The number of anilines is 1. The number of nitrogens with two attached hydrogens (primary N) is 1. The molecule has 5 heteroatoms. The lowest BCUT2D eigenvalue weighted by Crippen LogP contribution is -1.94. The van der Waals surface area contributed by atoms with Gasteiger partial charge in [-0.05, 0) is 30.5 Å². The summed E-state index contributed by atoms with van der Waals surface area (Å²) in [6.45, 7) is 4.33. The number of aryl methyl sites for hydroxylation is 1. The second-order valence-electron chi connectivity index (χ2n) is 4.68. The van der Waals surface area contributed by atoms with E-state index in [1.165, 1.54) is 0 Å². The Morgan fingerprint density at radius 1 is 1.39 bits per heavy atom. The van der Waals surface area contributed by atoms with Crippen LogP contribution in [-0.4, -0.2) is 10.1 Å². The van der Waals surface area contributed by atoms with Gasteiger partial charge in [0.2, 0.25) is 0 Å². The van der Waals surface area contributed by atoms with Crippen molar-refractivity contribution in [1.82, 2.24) is 10.1 Å². The highest BCUT2D eigenvalue weighted by molar-refractivity contribution is 6.33. The average molecular weight is 266 g/mol. The SMILES string of the molecule is CC(C)CCc1noc(-c2ccc(N)c(Cl)c2)n1. The van der Waals surface area contributed by atoms with E-state index in [0.717, 1.165) is 24.2 Å². The van der Waals surface area contributed by atoms with Crippen LogP contribution in [0, 0.1) is 5.92 Å². The van der Waals surface area contributed by atoms with Crippen molar-refractivity contribution in [1.29, 1.82) is 0 Å². The van der Waals surface area contributed by atoms with Gasteiger partial charge >= 0.3 is 0 Å². The Balaban J connectivity index is 2.16. The van der Waals surface area contributed by atoms with Crippen molar-refractivity contribution < 1.29 is 4.52 Å². The third kappa shape index (κ3) is 3.01. The average Bonchev–Trinajstić information content (AvgIpc) is 2.79. The minimum atomic E-state index is 0.482. The van der Waals surface area contributed by atoms with E-state index in [2.05, 4.69) is 24.0 Å². The quantitative estimate of drug-likeness (QED) is 0.859. The van der Waals surface area contributed by atoms with E-state index >= 15 is 0 Å². The standard InChI is InChI=1S/C13H16ClN3O/c1-8(2)3-6-12-16-13(18-17-12)9-4-5-11(15)10(14)7-9/h4-5,7-8H,3,6,15H2,1-2H3. The highest BCUT2D eigenvalue weighted by Crippen LogP contribution is 2.26. The number of nitrogen functional groups attached to an aromatic ring is 1. The number of benzene rings is 1. The van der Waals surface area contributed by atoms with Crippen LogP contribution in [0.4, 0.5) is 5.69 Å². The number of hydrogen-bond donors (Lipinski definition) is 1. The molecular weight excluding hydrogens is 250 g/mol. The molecular formula is C13H16ClN3O. The number of rotatable bonds is 4. The largest absolute Gasteiger partial charge is 0.398 e. The summed E-state index contributed by atoms with van der Waals surface area (Å²) in [6.07, 6.45) is 1.87. The van der Waals surface area contributed by atoms with E-state index in [1.807, 2.05) is 6.07 Å². The van der Waals surface area contributed by atoms with E-state index in [0.29, 0.717) is 22.5 Å². The molecule has 1 aromatic heterocycles. The molecule has 18 heavy (non-hydrogen) atoms. The van der Waals surface area contributed by atoms with Gasteiger partial charge < -0.3 is 10.3 Å². The predicted molar refractivity (Wildman–Crippen MR) is 72.3 cm³/mol. The fourth-order valence-corrected chi connectivity index (χ4v) is 1.73. The minimum absolute atomic E-state index is 0.482. The Kier molecular flexibility index (Phi) is 3.87. The molecule has 0 unspecified atom stereocenters. The fourth-order valence-electron chi connectivity index (χ4n) is 1.55. The van der Waals surface area contributed by atoms with Gasteiger partial charge in [0, 0.05) is 12.0 Å². The first kappa shape index (κ1) is 12.9. The Labute approximate surface area is 111 Å². The lowest BCUT2D eigenvalue weighted by Gasteiger charge is -1.99. The molecule has 0 atom stereocenters. The number of aromatic nitrogens is 2. The van der Waals surface area contributed by atoms with Crippen LogP contribution in [0.5, 0.6) is 0 Å². The number of hydrogen-bond acceptors (Lipinski definition) is 4. The van der Waals surface area contributed by atoms with Crippen molar-refractivity contribution in [2.24, 2.45) is 5.92 Å².